The molecule has 1 aliphatic heterocycles. The predicted molar refractivity (Wildman–Crippen MR) is 79.6 cm³/mol. The molecule has 1 aromatic heterocycles. The van der Waals surface area contributed by atoms with Crippen molar-refractivity contribution in [2.24, 2.45) is 5.92 Å². The van der Waals surface area contributed by atoms with Crippen molar-refractivity contribution in [3.8, 4) is 0 Å². The third kappa shape index (κ3) is 3.48. The second-order valence-corrected chi connectivity index (χ2v) is 6.91. The van der Waals surface area contributed by atoms with Crippen LogP contribution in [0.1, 0.15) is 19.2 Å². The number of H-pyrrole nitrogens is 1. The van der Waals surface area contributed by atoms with Crippen molar-refractivity contribution >= 4 is 17.7 Å². The van der Waals surface area contributed by atoms with Gasteiger partial charge in [-0.05, 0) is 0 Å². The molecule has 1 fully saturated rings. The Bertz CT molecular complexity index is 704. The van der Waals surface area contributed by atoms with E-state index in [9.17, 15) is 29.0 Å². The summed E-state index contributed by atoms with van der Waals surface area (Å²) in [6, 6.07) is 1.04. The highest BCUT2D eigenvalue weighted by atomic mass is 32.2. The van der Waals surface area contributed by atoms with Gasteiger partial charge in [0.15, 0.2) is 0 Å². The molecule has 8 nitrogen and oxygen atoms in total. The van der Waals surface area contributed by atoms with Gasteiger partial charge >= 0.3 is 11.7 Å². The van der Waals surface area contributed by atoms with Gasteiger partial charge in [0, 0.05) is 12.3 Å². The summed E-state index contributed by atoms with van der Waals surface area (Å²) in [5.74, 6) is -1.11. The third-order valence-electron chi connectivity index (χ3n) is 3.38. The van der Waals surface area contributed by atoms with Crippen LogP contribution < -0.4 is 11.2 Å². The van der Waals surface area contributed by atoms with E-state index in [0.717, 1.165) is 16.8 Å². The highest BCUT2D eigenvalue weighted by molar-refractivity contribution is 8.00. The van der Waals surface area contributed by atoms with Crippen LogP contribution in [-0.2, 0) is 9.53 Å². The molecule has 23 heavy (non-hydrogen) atoms. The van der Waals surface area contributed by atoms with Gasteiger partial charge in [0.05, 0.1) is 5.92 Å². The Morgan fingerprint density at radius 2 is 2.17 bits per heavy atom. The largest absolute Gasteiger partial charge is 0.461 e. The van der Waals surface area contributed by atoms with Crippen molar-refractivity contribution in [3.63, 3.8) is 0 Å². The number of thioether (sulfide) groups is 1. The van der Waals surface area contributed by atoms with E-state index in [-0.39, 0.29) is 0 Å². The van der Waals surface area contributed by atoms with Crippen LogP contribution in [0.4, 0.5) is 4.39 Å². The molecule has 128 valence electrons. The number of aliphatic hydroxyl groups excluding tert-OH is 2. The van der Waals surface area contributed by atoms with E-state index < -0.39 is 52.3 Å². The van der Waals surface area contributed by atoms with Crippen LogP contribution in [0.25, 0.3) is 0 Å². The van der Waals surface area contributed by atoms with Gasteiger partial charge in [-0.15, -0.1) is 0 Å². The van der Waals surface area contributed by atoms with Crippen molar-refractivity contribution in [3.05, 3.63) is 33.1 Å². The molecule has 4 atom stereocenters. The summed E-state index contributed by atoms with van der Waals surface area (Å²) in [5, 5.41) is 16.3. The number of aromatic nitrogens is 2. The number of hydrogen-bond acceptors (Lipinski definition) is 7. The monoisotopic (exact) mass is 348 g/mol. The lowest BCUT2D eigenvalue weighted by Crippen LogP contribution is -2.42. The Hall–Kier alpha value is -1.65. The molecule has 0 aromatic carbocycles. The maximum Gasteiger partial charge on any atom is 0.329 e. The molecule has 2 rings (SSSR count). The molecule has 1 saturated heterocycles. The molecular weight excluding hydrogens is 331 g/mol. The van der Waals surface area contributed by atoms with Crippen LogP contribution >= 0.6 is 11.8 Å². The molecule has 0 aliphatic carbocycles. The van der Waals surface area contributed by atoms with Gasteiger partial charge in [-0.3, -0.25) is 19.1 Å². The lowest BCUT2D eigenvalue weighted by Gasteiger charge is -2.22. The van der Waals surface area contributed by atoms with Crippen LogP contribution in [0.15, 0.2) is 21.9 Å². The summed E-state index contributed by atoms with van der Waals surface area (Å²) < 4.78 is 20.5. The Balaban J connectivity index is 2.21. The third-order valence-corrected chi connectivity index (χ3v) is 4.88. The number of carbonyl (C=O) groups is 1. The van der Waals surface area contributed by atoms with Gasteiger partial charge in [-0.2, -0.15) is 0 Å². The number of halogens is 1. The molecular formula is C13H17FN2O6S. The van der Waals surface area contributed by atoms with Gasteiger partial charge in [0.1, 0.15) is 24.2 Å². The number of nitrogens with one attached hydrogen (secondary N) is 1. The van der Waals surface area contributed by atoms with Crippen molar-refractivity contribution in [2.75, 3.05) is 6.61 Å². The molecule has 1 aliphatic rings. The number of ether oxygens (including phenoxy) is 1. The number of aliphatic hydroxyl groups is 2. The van der Waals surface area contributed by atoms with Gasteiger partial charge in [-0.25, -0.2) is 9.18 Å². The van der Waals surface area contributed by atoms with Crippen LogP contribution in [0.3, 0.4) is 0 Å². The summed E-state index contributed by atoms with van der Waals surface area (Å²) in [7, 11) is 0. The molecule has 0 amide bonds. The van der Waals surface area contributed by atoms with Crippen molar-refractivity contribution < 1.29 is 24.1 Å². The second-order valence-electron chi connectivity index (χ2n) is 5.51. The highest BCUT2D eigenvalue weighted by Crippen LogP contribution is 2.50. The van der Waals surface area contributed by atoms with E-state index in [1.807, 2.05) is 4.98 Å². The molecule has 0 saturated carbocycles. The quantitative estimate of drug-likeness (QED) is 0.619. The lowest BCUT2D eigenvalue weighted by atomic mass is 10.1. The van der Waals surface area contributed by atoms with Crippen LogP contribution in [-0.4, -0.2) is 49.5 Å². The minimum atomic E-state index is -2.47. The predicted octanol–water partition coefficient (Wildman–Crippen LogP) is -0.631. The number of carbonyl (C=O) groups excluding carboxylic acids is 1. The van der Waals surface area contributed by atoms with Gasteiger partial charge in [0.2, 0.25) is 5.00 Å². The summed E-state index contributed by atoms with van der Waals surface area (Å²) >= 11 is 0.453. The minimum absolute atomic E-state index is 0.453. The molecule has 1 aromatic rings. The number of hydrogen-bond donors (Lipinski definition) is 3. The van der Waals surface area contributed by atoms with E-state index in [0.29, 0.717) is 11.8 Å². The van der Waals surface area contributed by atoms with E-state index in [1.54, 1.807) is 13.8 Å². The zero-order valence-electron chi connectivity index (χ0n) is 12.4. The Morgan fingerprint density at radius 3 is 2.74 bits per heavy atom. The average Bonchev–Trinajstić information content (AvgIpc) is 2.70. The topological polar surface area (TPSA) is 122 Å². The van der Waals surface area contributed by atoms with Crippen LogP contribution in [0.2, 0.25) is 0 Å². The average molecular weight is 348 g/mol. The smallest absolute Gasteiger partial charge is 0.329 e. The summed E-state index contributed by atoms with van der Waals surface area (Å²) in [6.45, 7) is 2.38. The first kappa shape index (κ1) is 17.7. The summed E-state index contributed by atoms with van der Waals surface area (Å²) in [4.78, 5) is 36.2. The number of nitrogens with zero attached hydrogens (tertiary/aromatic N) is 1. The standard InChI is InChI=1S/C13H17FN2O6S/c1-6(2)11(20)22-5-13(14)9(19)8(18)10(23-13)16-4-3-7(17)15-12(16)21/h3-4,6,8-10,18-19H,5H2,1-2H3,(H,15,17,21)/t8?,9?,10-,13-/m1/s1. The maximum absolute atomic E-state index is 14.8. The summed E-state index contributed by atoms with van der Waals surface area (Å²) in [5.41, 5.74) is -1.48. The zero-order valence-corrected chi connectivity index (χ0v) is 13.2. The fourth-order valence-electron chi connectivity index (χ4n) is 2.06. The first-order chi connectivity index (χ1) is 10.7. The molecule has 0 spiro atoms. The summed E-state index contributed by atoms with van der Waals surface area (Å²) in [6.07, 6.45) is -2.39. The van der Waals surface area contributed by atoms with E-state index in [1.165, 1.54) is 0 Å². The van der Waals surface area contributed by atoms with Crippen LogP contribution in [0.5, 0.6) is 0 Å². The SMILES string of the molecule is CC(C)C(=O)OC[C@@]1(F)S[C@@H](n2ccc(=O)[nH]c2=O)C(O)C1O. The fourth-order valence-corrected chi connectivity index (χ4v) is 3.43. The maximum atomic E-state index is 14.8. The van der Waals surface area contributed by atoms with Crippen molar-refractivity contribution in [1.82, 2.24) is 9.55 Å². The lowest BCUT2D eigenvalue weighted by molar-refractivity contribution is -0.152. The minimum Gasteiger partial charge on any atom is -0.461 e. The fraction of sp³-hybridized carbons (Fsp3) is 0.615. The van der Waals surface area contributed by atoms with E-state index in [2.05, 4.69) is 0 Å². The van der Waals surface area contributed by atoms with Gasteiger partial charge in [-0.1, -0.05) is 25.6 Å². The van der Waals surface area contributed by atoms with E-state index in [4.69, 9.17) is 4.74 Å². The Morgan fingerprint density at radius 1 is 1.52 bits per heavy atom. The Kier molecular flexibility index (Phi) is 4.97. The first-order valence-electron chi connectivity index (χ1n) is 6.86. The number of aromatic amines is 1. The second kappa shape index (κ2) is 6.46. The van der Waals surface area contributed by atoms with E-state index >= 15 is 0 Å². The number of alkyl halides is 1. The first-order valence-corrected chi connectivity index (χ1v) is 7.74. The van der Waals surface area contributed by atoms with Crippen LogP contribution in [0, 0.1) is 5.92 Å². The molecule has 10 heteroatoms. The van der Waals surface area contributed by atoms with Gasteiger partial charge < -0.3 is 14.9 Å². The molecule has 3 N–H and O–H groups in total. The number of esters is 1. The van der Waals surface area contributed by atoms with Gasteiger partial charge in [0.25, 0.3) is 5.56 Å². The molecule has 0 bridgehead atoms. The molecule has 2 heterocycles. The number of rotatable bonds is 4. The molecule has 0 radical (unpaired) electrons. The van der Waals surface area contributed by atoms with Crippen molar-refractivity contribution in [2.45, 2.75) is 36.4 Å². The highest BCUT2D eigenvalue weighted by Gasteiger charge is 2.56. The normalized spacial score (nSPS) is 30.6. The zero-order chi connectivity index (χ0) is 17.4. The molecule has 2 unspecified atom stereocenters. The Labute approximate surface area is 134 Å². The van der Waals surface area contributed by atoms with Crippen molar-refractivity contribution in [1.29, 1.82) is 0 Å².